The number of rotatable bonds is 11. The molecule has 2 aromatic heterocycles. The Morgan fingerprint density at radius 1 is 1.18 bits per heavy atom. The van der Waals surface area contributed by atoms with Gasteiger partial charge in [-0.2, -0.15) is 4.98 Å². The van der Waals surface area contributed by atoms with E-state index in [1.807, 2.05) is 18.2 Å². The summed E-state index contributed by atoms with van der Waals surface area (Å²) in [6.45, 7) is 1.31. The van der Waals surface area contributed by atoms with Gasteiger partial charge in [-0.15, -0.1) is 0 Å². The largest absolute Gasteiger partial charge is 0.467 e. The Bertz CT molecular complexity index is 1100. The van der Waals surface area contributed by atoms with E-state index in [1.165, 1.54) is 12.7 Å². The van der Waals surface area contributed by atoms with Gasteiger partial charge < -0.3 is 25.1 Å². The molecule has 0 saturated heterocycles. The van der Waals surface area contributed by atoms with Crippen molar-refractivity contribution in [3.05, 3.63) is 47.7 Å². The number of esters is 1. The minimum atomic E-state index is -0.679. The Hall–Kier alpha value is -3.62. The van der Waals surface area contributed by atoms with Crippen LogP contribution in [0.4, 0.5) is 11.8 Å². The minimum Gasteiger partial charge on any atom is -0.467 e. The average Bonchev–Trinajstić information content (AvgIpc) is 3.28. The van der Waals surface area contributed by atoms with Gasteiger partial charge in [0.2, 0.25) is 5.91 Å². The maximum absolute atomic E-state index is 12.2. The molecule has 0 bridgehead atoms. The van der Waals surface area contributed by atoms with Crippen molar-refractivity contribution >= 4 is 34.8 Å². The number of nitrogens with zero attached hydrogens (tertiary/aromatic N) is 2. The van der Waals surface area contributed by atoms with Crippen LogP contribution in [0.25, 0.3) is 11.1 Å². The van der Waals surface area contributed by atoms with Crippen LogP contribution in [0.15, 0.2) is 40.8 Å². The van der Waals surface area contributed by atoms with Crippen LogP contribution in [0.3, 0.4) is 0 Å². The number of hydrogen-bond donors (Lipinski definition) is 3. The third-order valence-electron chi connectivity index (χ3n) is 5.87. The summed E-state index contributed by atoms with van der Waals surface area (Å²) >= 11 is 0. The van der Waals surface area contributed by atoms with Crippen LogP contribution in [0.2, 0.25) is 0 Å². The van der Waals surface area contributed by atoms with Gasteiger partial charge >= 0.3 is 5.97 Å². The van der Waals surface area contributed by atoms with Gasteiger partial charge in [-0.05, 0) is 62.3 Å². The van der Waals surface area contributed by atoms with Gasteiger partial charge in [-0.1, -0.05) is 18.2 Å². The molecule has 3 aromatic rings. The van der Waals surface area contributed by atoms with Crippen LogP contribution >= 0.6 is 0 Å². The molecule has 1 aromatic carbocycles. The molecule has 0 radical (unpaired) electrons. The Kier molecular flexibility index (Phi) is 7.95. The van der Waals surface area contributed by atoms with E-state index in [-0.39, 0.29) is 11.9 Å². The molecule has 0 saturated carbocycles. The predicted octanol–water partition coefficient (Wildman–Crippen LogP) is 3.45. The van der Waals surface area contributed by atoms with Gasteiger partial charge in [0.15, 0.2) is 5.58 Å². The van der Waals surface area contributed by atoms with Crippen molar-refractivity contribution < 1.29 is 18.7 Å². The molecule has 1 atom stereocenters. The number of para-hydroxylation sites is 2. The SMILES string of the molecule is COC(=O)C(CCNC(=O)CCCCc1ccc2c(n1)NCCC2)Nc1nc2ccccc2o1. The Morgan fingerprint density at radius 3 is 2.91 bits per heavy atom. The second kappa shape index (κ2) is 11.5. The van der Waals surface area contributed by atoms with Crippen LogP contribution in [-0.4, -0.2) is 48.1 Å². The quantitative estimate of drug-likeness (QED) is 0.291. The highest BCUT2D eigenvalue weighted by atomic mass is 16.5. The molecule has 180 valence electrons. The lowest BCUT2D eigenvalue weighted by Gasteiger charge is -2.17. The number of carbonyl (C=O) groups is 2. The summed E-state index contributed by atoms with van der Waals surface area (Å²) in [5, 5.41) is 9.20. The number of ether oxygens (including phenoxy) is 1. The number of oxazole rings is 1. The second-order valence-electron chi connectivity index (χ2n) is 8.39. The summed E-state index contributed by atoms with van der Waals surface area (Å²) in [5.74, 6) is 0.530. The topological polar surface area (TPSA) is 118 Å². The fourth-order valence-corrected chi connectivity index (χ4v) is 4.02. The third kappa shape index (κ3) is 6.24. The number of fused-ring (bicyclic) bond motifs is 2. The summed E-state index contributed by atoms with van der Waals surface area (Å²) in [6.07, 6.45) is 5.53. The molecule has 1 amide bonds. The summed E-state index contributed by atoms with van der Waals surface area (Å²) in [6, 6.07) is 11.2. The number of unbranched alkanes of at least 4 members (excludes halogenated alkanes) is 1. The molecular weight excluding hydrogens is 434 g/mol. The highest BCUT2D eigenvalue weighted by Crippen LogP contribution is 2.21. The number of carbonyl (C=O) groups excluding carboxylic acids is 2. The lowest BCUT2D eigenvalue weighted by Crippen LogP contribution is -2.35. The molecule has 0 fully saturated rings. The average molecular weight is 466 g/mol. The Balaban J connectivity index is 1.17. The number of aromatic nitrogens is 2. The highest BCUT2D eigenvalue weighted by molar-refractivity contribution is 5.80. The Labute approximate surface area is 198 Å². The molecule has 1 aliphatic rings. The summed E-state index contributed by atoms with van der Waals surface area (Å²) in [7, 11) is 1.33. The van der Waals surface area contributed by atoms with E-state index in [4.69, 9.17) is 14.1 Å². The van der Waals surface area contributed by atoms with E-state index in [0.717, 1.165) is 50.2 Å². The zero-order valence-electron chi connectivity index (χ0n) is 19.4. The number of nitrogens with one attached hydrogen (secondary N) is 3. The van der Waals surface area contributed by atoms with Crippen molar-refractivity contribution in [2.75, 3.05) is 30.8 Å². The number of aryl methyl sites for hydroxylation is 2. The first-order valence-corrected chi connectivity index (χ1v) is 11.8. The highest BCUT2D eigenvalue weighted by Gasteiger charge is 2.21. The van der Waals surface area contributed by atoms with E-state index >= 15 is 0 Å². The number of pyridine rings is 1. The molecule has 1 aliphatic heterocycles. The van der Waals surface area contributed by atoms with Gasteiger partial charge in [0.05, 0.1) is 7.11 Å². The van der Waals surface area contributed by atoms with E-state index < -0.39 is 12.0 Å². The number of anilines is 2. The molecule has 0 aliphatic carbocycles. The van der Waals surface area contributed by atoms with Crippen molar-refractivity contribution in [2.45, 2.75) is 51.0 Å². The normalized spacial score (nSPS) is 13.6. The molecule has 34 heavy (non-hydrogen) atoms. The van der Waals surface area contributed by atoms with Crippen LogP contribution in [0, 0.1) is 0 Å². The summed E-state index contributed by atoms with van der Waals surface area (Å²) in [4.78, 5) is 33.4. The third-order valence-corrected chi connectivity index (χ3v) is 5.87. The summed E-state index contributed by atoms with van der Waals surface area (Å²) in [5.41, 5.74) is 3.66. The number of benzene rings is 1. The molecule has 9 nitrogen and oxygen atoms in total. The van der Waals surface area contributed by atoms with Crippen LogP contribution in [0.1, 0.15) is 43.4 Å². The first-order chi connectivity index (χ1) is 16.6. The first-order valence-electron chi connectivity index (χ1n) is 11.8. The first kappa shape index (κ1) is 23.5. The van der Waals surface area contributed by atoms with E-state index in [9.17, 15) is 9.59 Å². The molecule has 3 N–H and O–H groups in total. The van der Waals surface area contributed by atoms with E-state index in [2.05, 4.69) is 33.1 Å². The lowest BCUT2D eigenvalue weighted by molar-refractivity contribution is -0.141. The van der Waals surface area contributed by atoms with Crippen molar-refractivity contribution in [3.63, 3.8) is 0 Å². The molecule has 3 heterocycles. The molecule has 9 heteroatoms. The van der Waals surface area contributed by atoms with Crippen LogP contribution < -0.4 is 16.0 Å². The smallest absolute Gasteiger partial charge is 0.328 e. The second-order valence-corrected chi connectivity index (χ2v) is 8.39. The maximum Gasteiger partial charge on any atom is 0.328 e. The zero-order chi connectivity index (χ0) is 23.8. The molecule has 1 unspecified atom stereocenters. The van der Waals surface area contributed by atoms with Crippen LogP contribution in [-0.2, 0) is 27.2 Å². The number of methoxy groups -OCH3 is 1. The number of amides is 1. The van der Waals surface area contributed by atoms with Crippen molar-refractivity contribution in [3.8, 4) is 0 Å². The minimum absolute atomic E-state index is 0.0365. The lowest BCUT2D eigenvalue weighted by atomic mass is 10.1. The predicted molar refractivity (Wildman–Crippen MR) is 130 cm³/mol. The van der Waals surface area contributed by atoms with Gasteiger partial charge in [0.25, 0.3) is 6.01 Å². The standard InChI is InChI=1S/C25H31N5O4/c1-33-24(32)20(30-25-29-19-9-3-4-10-21(19)34-25)14-16-26-22(31)11-5-2-8-18-13-12-17-7-6-15-27-23(17)28-18/h3-4,9-10,12-13,20H,2,5-8,11,14-16H2,1H3,(H,26,31)(H,27,28)(H,29,30). The Morgan fingerprint density at radius 2 is 2.06 bits per heavy atom. The van der Waals surface area contributed by atoms with Gasteiger partial charge in [-0.25, -0.2) is 9.78 Å². The zero-order valence-corrected chi connectivity index (χ0v) is 19.4. The fraction of sp³-hybridized carbons (Fsp3) is 0.440. The van der Waals surface area contributed by atoms with Crippen molar-refractivity contribution in [2.24, 2.45) is 0 Å². The van der Waals surface area contributed by atoms with Gasteiger partial charge in [0.1, 0.15) is 17.4 Å². The van der Waals surface area contributed by atoms with Gasteiger partial charge in [-0.3, -0.25) is 4.79 Å². The molecule has 4 rings (SSSR count). The number of hydrogen-bond acceptors (Lipinski definition) is 8. The van der Waals surface area contributed by atoms with E-state index in [0.29, 0.717) is 30.5 Å². The summed E-state index contributed by atoms with van der Waals surface area (Å²) < 4.78 is 10.5. The fourth-order valence-electron chi connectivity index (χ4n) is 4.02. The van der Waals surface area contributed by atoms with E-state index in [1.54, 1.807) is 6.07 Å². The molecular formula is C25H31N5O4. The molecule has 0 spiro atoms. The monoisotopic (exact) mass is 465 g/mol. The maximum atomic E-state index is 12.2. The van der Waals surface area contributed by atoms with Crippen molar-refractivity contribution in [1.82, 2.24) is 15.3 Å². The van der Waals surface area contributed by atoms with Crippen molar-refractivity contribution in [1.29, 1.82) is 0 Å². The van der Waals surface area contributed by atoms with Gasteiger partial charge in [0, 0.05) is 25.2 Å². The van der Waals surface area contributed by atoms with Crippen LogP contribution in [0.5, 0.6) is 0 Å².